The minimum atomic E-state index is -3.67. The maximum atomic E-state index is 9.67. The average Bonchev–Trinajstić information content (AvgIpc) is 2.76. The molecule has 0 aliphatic rings. The number of hydrogen-bond donors (Lipinski definition) is 1. The largest absolute Gasteiger partial charge is 0.456 e. The molecule has 0 fully saturated rings. The Morgan fingerprint density at radius 1 is 0.533 bits per heavy atom. The molecule has 152 valence electrons. The molecular formula is C25H19F3OS. The molecule has 0 bridgehead atoms. The predicted molar refractivity (Wildman–Crippen MR) is 118 cm³/mol. The van der Waals surface area contributed by atoms with Gasteiger partial charge in [0, 0.05) is 10.5 Å². The maximum absolute atomic E-state index is 9.67. The van der Waals surface area contributed by atoms with E-state index < -0.39 is 6.68 Å². The quantitative estimate of drug-likeness (QED) is 0.324. The molecule has 0 radical (unpaired) electrons. The van der Waals surface area contributed by atoms with Crippen LogP contribution in [0, 0.1) is 0 Å². The van der Waals surface area contributed by atoms with Gasteiger partial charge in [-0.05, 0) is 34.9 Å². The van der Waals surface area contributed by atoms with Crippen LogP contribution < -0.4 is 4.74 Å². The highest BCUT2D eigenvalue weighted by molar-refractivity contribution is 7.80. The normalized spacial score (nSPS) is 10.3. The van der Waals surface area contributed by atoms with Crippen molar-refractivity contribution in [2.45, 2.75) is 11.6 Å². The Balaban J connectivity index is 0.000000589. The molecular weight excluding hydrogens is 405 g/mol. The van der Waals surface area contributed by atoms with Crippen molar-refractivity contribution in [3.8, 4) is 33.8 Å². The second kappa shape index (κ2) is 10.6. The van der Waals surface area contributed by atoms with Gasteiger partial charge in [-0.2, -0.15) is 13.2 Å². The fourth-order valence-electron chi connectivity index (χ4n) is 2.93. The Hall–Kier alpha value is -3.18. The summed E-state index contributed by atoms with van der Waals surface area (Å²) in [6.07, 6.45) is 0. The molecule has 0 unspecified atom stereocenters. The minimum Gasteiger partial charge on any atom is -0.456 e. The predicted octanol–water partition coefficient (Wildman–Crippen LogP) is 8.28. The lowest BCUT2D eigenvalue weighted by molar-refractivity contribution is 0.00819. The lowest BCUT2D eigenvalue weighted by atomic mass is 10.00. The highest BCUT2D eigenvalue weighted by Gasteiger charge is 2.09. The number of ether oxygens (including phenoxy) is 1. The Labute approximate surface area is 179 Å². The molecule has 0 amide bonds. The second-order valence-electron chi connectivity index (χ2n) is 6.26. The van der Waals surface area contributed by atoms with Crippen LogP contribution in [0.15, 0.2) is 108 Å². The van der Waals surface area contributed by atoms with E-state index in [1.807, 2.05) is 48.5 Å². The summed E-state index contributed by atoms with van der Waals surface area (Å²) in [4.78, 5) is 0.821. The molecule has 1 nitrogen and oxygen atoms in total. The van der Waals surface area contributed by atoms with Gasteiger partial charge in [0.05, 0.1) is 0 Å². The van der Waals surface area contributed by atoms with E-state index in [1.165, 1.54) is 11.1 Å². The lowest BCUT2D eigenvalue weighted by Gasteiger charge is -2.13. The number of benzene rings is 4. The van der Waals surface area contributed by atoms with E-state index in [9.17, 15) is 13.2 Å². The van der Waals surface area contributed by atoms with Gasteiger partial charge in [0.1, 0.15) is 11.5 Å². The Kier molecular flexibility index (Phi) is 7.57. The molecule has 0 heterocycles. The van der Waals surface area contributed by atoms with Crippen molar-refractivity contribution < 1.29 is 17.9 Å². The third-order valence-corrected chi connectivity index (χ3v) is 4.64. The van der Waals surface area contributed by atoms with Crippen molar-refractivity contribution in [2.24, 2.45) is 0 Å². The lowest BCUT2D eigenvalue weighted by Crippen LogP contribution is -1.89. The zero-order valence-corrected chi connectivity index (χ0v) is 16.8. The van der Waals surface area contributed by atoms with Gasteiger partial charge in [-0.1, -0.05) is 84.9 Å². The first-order valence-electron chi connectivity index (χ1n) is 9.17. The topological polar surface area (TPSA) is 9.23 Å². The summed E-state index contributed by atoms with van der Waals surface area (Å²) in [6.45, 7) is -3.67. The summed E-state index contributed by atoms with van der Waals surface area (Å²) < 4.78 is 35.1. The molecule has 0 aliphatic heterocycles. The van der Waals surface area contributed by atoms with Crippen LogP contribution in [0.4, 0.5) is 13.2 Å². The monoisotopic (exact) mass is 424 g/mol. The summed E-state index contributed by atoms with van der Waals surface area (Å²) in [7, 11) is 0. The number of hydrogen-bond acceptors (Lipinski definition) is 2. The molecule has 0 atom stereocenters. The van der Waals surface area contributed by atoms with Gasteiger partial charge >= 0.3 is 6.68 Å². The Morgan fingerprint density at radius 3 is 1.63 bits per heavy atom. The zero-order chi connectivity index (χ0) is 21.3. The Morgan fingerprint density at radius 2 is 1.00 bits per heavy atom. The van der Waals surface area contributed by atoms with Crippen LogP contribution in [-0.2, 0) is 0 Å². The molecule has 4 aromatic carbocycles. The molecule has 5 heteroatoms. The molecule has 0 N–H and O–H groups in total. The number of rotatable bonds is 4. The first kappa shape index (κ1) is 21.5. The van der Waals surface area contributed by atoms with Crippen LogP contribution in [0.3, 0.4) is 0 Å². The molecule has 30 heavy (non-hydrogen) atoms. The van der Waals surface area contributed by atoms with Crippen LogP contribution >= 0.6 is 12.6 Å². The highest BCUT2D eigenvalue weighted by Crippen LogP contribution is 2.36. The van der Waals surface area contributed by atoms with Crippen molar-refractivity contribution >= 4 is 12.6 Å². The molecule has 0 saturated carbocycles. The van der Waals surface area contributed by atoms with Gasteiger partial charge in [-0.15, -0.1) is 12.6 Å². The van der Waals surface area contributed by atoms with Crippen molar-refractivity contribution in [3.05, 3.63) is 103 Å². The third kappa shape index (κ3) is 5.91. The molecule has 0 aromatic heterocycles. The van der Waals surface area contributed by atoms with E-state index in [2.05, 4.69) is 67.2 Å². The summed E-state index contributed by atoms with van der Waals surface area (Å²) >= 11 is 4.48. The fraction of sp³-hybridized carbons (Fsp3) is 0.0400. The van der Waals surface area contributed by atoms with E-state index in [-0.39, 0.29) is 0 Å². The molecule has 0 aliphatic carbocycles. The van der Waals surface area contributed by atoms with Gasteiger partial charge in [-0.3, -0.25) is 0 Å². The van der Waals surface area contributed by atoms with Gasteiger partial charge < -0.3 is 4.74 Å². The van der Waals surface area contributed by atoms with Gasteiger partial charge in [0.15, 0.2) is 0 Å². The minimum absolute atomic E-state index is 0.754. The van der Waals surface area contributed by atoms with Crippen LogP contribution in [0.1, 0.15) is 0 Å². The summed E-state index contributed by atoms with van der Waals surface area (Å²) in [6, 6.07) is 34.8. The number of alkyl halides is 3. The highest BCUT2D eigenvalue weighted by atomic mass is 32.1. The number of halogens is 3. The average molecular weight is 424 g/mol. The summed E-state index contributed by atoms with van der Waals surface area (Å²) in [5.74, 6) is 1.57. The van der Waals surface area contributed by atoms with E-state index in [0.29, 0.717) is 0 Å². The fourth-order valence-corrected chi connectivity index (χ4v) is 3.14. The third-order valence-electron chi connectivity index (χ3n) is 4.28. The summed E-state index contributed by atoms with van der Waals surface area (Å²) in [5, 5.41) is 0. The van der Waals surface area contributed by atoms with Crippen molar-refractivity contribution in [1.29, 1.82) is 0 Å². The van der Waals surface area contributed by atoms with E-state index in [1.54, 1.807) is 0 Å². The van der Waals surface area contributed by atoms with E-state index in [4.69, 9.17) is 4.74 Å². The van der Waals surface area contributed by atoms with Crippen LogP contribution in [0.25, 0.3) is 22.3 Å². The van der Waals surface area contributed by atoms with Crippen molar-refractivity contribution in [1.82, 2.24) is 0 Å². The molecule has 0 spiro atoms. The van der Waals surface area contributed by atoms with Crippen molar-refractivity contribution in [3.63, 3.8) is 0 Å². The van der Waals surface area contributed by atoms with E-state index in [0.717, 1.165) is 27.5 Å². The van der Waals surface area contributed by atoms with E-state index >= 15 is 0 Å². The van der Waals surface area contributed by atoms with Crippen LogP contribution in [0.2, 0.25) is 0 Å². The van der Waals surface area contributed by atoms with Crippen LogP contribution in [0.5, 0.6) is 11.5 Å². The first-order valence-corrected chi connectivity index (χ1v) is 9.62. The smallest absolute Gasteiger partial charge is 0.379 e. The zero-order valence-electron chi connectivity index (χ0n) is 15.9. The van der Waals surface area contributed by atoms with Crippen LogP contribution in [-0.4, -0.2) is 6.68 Å². The molecule has 0 saturated heterocycles. The number of thiol groups is 1. The summed E-state index contributed by atoms with van der Waals surface area (Å²) in [5.41, 5.74) is 4.60. The molecule has 4 rings (SSSR count). The Bertz CT molecular complexity index is 1060. The van der Waals surface area contributed by atoms with Crippen molar-refractivity contribution in [2.75, 3.05) is 0 Å². The SMILES string of the molecule is FC(F)F.Sc1ccccc1Oc1ccccc1-c1ccc(-c2ccccc2)cc1. The van der Waals surface area contributed by atoms with Gasteiger partial charge in [0.25, 0.3) is 0 Å². The molecule has 4 aromatic rings. The van der Waals surface area contributed by atoms with Gasteiger partial charge in [-0.25, -0.2) is 0 Å². The number of para-hydroxylation sites is 2. The first-order chi connectivity index (χ1) is 14.5. The second-order valence-corrected chi connectivity index (χ2v) is 6.74. The standard InChI is InChI=1S/C24H18OS.CHF3/c26-24-13-7-6-12-23(24)25-22-11-5-4-10-21(22)20-16-14-19(15-17-20)18-8-2-1-3-9-18;2-1(3)4/h1-17,26H;1H. The maximum Gasteiger partial charge on any atom is 0.379 e. The van der Waals surface area contributed by atoms with Gasteiger partial charge in [0.2, 0.25) is 0 Å².